The van der Waals surface area contributed by atoms with Crippen LogP contribution in [0.3, 0.4) is 0 Å². The van der Waals surface area contributed by atoms with Gasteiger partial charge in [0.2, 0.25) is 0 Å². The van der Waals surface area contributed by atoms with E-state index in [1.807, 2.05) is 6.07 Å². The van der Waals surface area contributed by atoms with E-state index in [-0.39, 0.29) is 18.8 Å². The second-order valence-electron chi connectivity index (χ2n) is 9.25. The summed E-state index contributed by atoms with van der Waals surface area (Å²) in [5.74, 6) is -0.570. The van der Waals surface area contributed by atoms with Crippen molar-refractivity contribution in [1.82, 2.24) is 14.7 Å². The van der Waals surface area contributed by atoms with Gasteiger partial charge in [-0.25, -0.2) is 0 Å². The van der Waals surface area contributed by atoms with Crippen molar-refractivity contribution >= 4 is 40.1 Å². The molecule has 1 N–H and O–H groups in total. The number of halogens is 5. The van der Waals surface area contributed by atoms with Crippen molar-refractivity contribution < 1.29 is 23.1 Å². The molecule has 1 fully saturated rings. The number of carboxylic acids is 1. The molecule has 1 aliphatic rings. The Labute approximate surface area is 211 Å². The van der Waals surface area contributed by atoms with Gasteiger partial charge in [-0.05, 0) is 73.7 Å². The zero-order valence-corrected chi connectivity index (χ0v) is 20.9. The predicted octanol–water partition coefficient (Wildman–Crippen LogP) is 6.48. The molecule has 2 heterocycles. The molecule has 0 amide bonds. The van der Waals surface area contributed by atoms with E-state index < -0.39 is 17.7 Å². The minimum absolute atomic E-state index is 0.193. The normalized spacial score (nSPS) is 15.7. The van der Waals surface area contributed by atoms with Crippen LogP contribution in [-0.4, -0.2) is 38.8 Å². The molecule has 2 aromatic carbocycles. The van der Waals surface area contributed by atoms with Gasteiger partial charge < -0.3 is 5.11 Å². The minimum atomic E-state index is -4.44. The predicted molar refractivity (Wildman–Crippen MR) is 130 cm³/mol. The average molecular weight is 528 g/mol. The Bertz CT molecular complexity index is 1270. The number of carbonyl (C=O) groups is 1. The number of alkyl halides is 3. The molecule has 35 heavy (non-hydrogen) atoms. The van der Waals surface area contributed by atoms with Gasteiger partial charge in [-0.3, -0.25) is 14.4 Å². The Morgan fingerprint density at radius 1 is 1.20 bits per heavy atom. The van der Waals surface area contributed by atoms with Crippen molar-refractivity contribution in [2.24, 2.45) is 13.0 Å². The molecule has 0 saturated carbocycles. The van der Waals surface area contributed by atoms with Gasteiger partial charge in [-0.1, -0.05) is 29.3 Å². The van der Waals surface area contributed by atoms with E-state index in [9.17, 15) is 18.0 Å². The topological polar surface area (TPSA) is 58.4 Å². The standard InChI is InChI=1S/C25H26Cl2F3N3O2/c1-14-9-17(25(28,29)30)11-21-23(14)20(31-32(21)2)12-18-19(26)4-3-16(24(18)27)13-33-7-5-15(6-8-33)10-22(34)35/h3-4,9,11,15H,5-8,10,12-13H2,1-2H3,(H,34,35). The average Bonchev–Trinajstić information content (AvgIpc) is 3.09. The monoisotopic (exact) mass is 527 g/mol. The van der Waals surface area contributed by atoms with Crippen molar-refractivity contribution in [3.63, 3.8) is 0 Å². The smallest absolute Gasteiger partial charge is 0.416 e. The third-order valence-corrected chi connectivity index (χ3v) is 7.55. The highest BCUT2D eigenvalue weighted by atomic mass is 35.5. The Morgan fingerprint density at radius 2 is 1.89 bits per heavy atom. The van der Waals surface area contributed by atoms with E-state index in [0.29, 0.717) is 44.3 Å². The molecule has 0 aliphatic carbocycles. The fraction of sp³-hybridized carbons (Fsp3) is 0.440. The van der Waals surface area contributed by atoms with E-state index >= 15 is 0 Å². The molecular formula is C25H26Cl2F3N3O2. The van der Waals surface area contributed by atoms with E-state index in [0.717, 1.165) is 43.6 Å². The third kappa shape index (κ3) is 5.60. The number of rotatable bonds is 6. The highest BCUT2D eigenvalue weighted by Crippen LogP contribution is 2.37. The Morgan fingerprint density at radius 3 is 2.51 bits per heavy atom. The lowest BCUT2D eigenvalue weighted by Crippen LogP contribution is -2.34. The zero-order chi connectivity index (χ0) is 25.5. The maximum Gasteiger partial charge on any atom is 0.416 e. The molecule has 10 heteroatoms. The number of nitrogens with zero attached hydrogens (tertiary/aromatic N) is 3. The first-order valence-electron chi connectivity index (χ1n) is 11.4. The highest BCUT2D eigenvalue weighted by molar-refractivity contribution is 6.36. The number of aryl methyl sites for hydroxylation is 2. The highest BCUT2D eigenvalue weighted by Gasteiger charge is 2.32. The van der Waals surface area contributed by atoms with Gasteiger partial charge in [0.05, 0.1) is 21.8 Å². The van der Waals surface area contributed by atoms with Gasteiger partial charge in [0.25, 0.3) is 0 Å². The number of aromatic nitrogens is 2. The van der Waals surface area contributed by atoms with Crippen molar-refractivity contribution in [3.8, 4) is 0 Å². The summed E-state index contributed by atoms with van der Waals surface area (Å²) in [4.78, 5) is 13.2. The first-order valence-corrected chi connectivity index (χ1v) is 12.1. The molecule has 0 radical (unpaired) electrons. The number of hydrogen-bond acceptors (Lipinski definition) is 3. The van der Waals surface area contributed by atoms with Gasteiger partial charge in [0, 0.05) is 36.8 Å². The lowest BCUT2D eigenvalue weighted by Gasteiger charge is -2.31. The van der Waals surface area contributed by atoms with Crippen LogP contribution in [0.2, 0.25) is 10.0 Å². The maximum absolute atomic E-state index is 13.3. The summed E-state index contributed by atoms with van der Waals surface area (Å²) >= 11 is 13.3. The number of carboxylic acid groups (broad SMARTS) is 1. The van der Waals surface area contributed by atoms with Crippen LogP contribution >= 0.6 is 23.2 Å². The van der Waals surface area contributed by atoms with Crippen LogP contribution in [-0.2, 0) is 31.0 Å². The lowest BCUT2D eigenvalue weighted by molar-refractivity contribution is -0.139. The molecule has 1 saturated heterocycles. The summed E-state index contributed by atoms with van der Waals surface area (Å²) in [6, 6.07) is 5.93. The maximum atomic E-state index is 13.3. The van der Waals surface area contributed by atoms with Crippen LogP contribution in [0.15, 0.2) is 24.3 Å². The molecule has 5 nitrogen and oxygen atoms in total. The molecule has 188 valence electrons. The number of piperidine rings is 1. The number of aliphatic carboxylic acids is 1. The summed E-state index contributed by atoms with van der Waals surface area (Å²) in [5, 5.41) is 15.2. The Balaban J connectivity index is 1.59. The van der Waals surface area contributed by atoms with Crippen molar-refractivity contribution in [1.29, 1.82) is 0 Å². The quantitative estimate of drug-likeness (QED) is 0.398. The molecule has 1 aromatic heterocycles. The van der Waals surface area contributed by atoms with Crippen LogP contribution in [0, 0.1) is 12.8 Å². The fourth-order valence-electron chi connectivity index (χ4n) is 4.91. The molecule has 3 aromatic rings. The van der Waals surface area contributed by atoms with Crippen LogP contribution in [0.1, 0.15) is 47.2 Å². The van der Waals surface area contributed by atoms with Gasteiger partial charge >= 0.3 is 12.1 Å². The SMILES string of the molecule is Cc1cc(C(F)(F)F)cc2c1c(Cc1c(Cl)ccc(CN3CCC(CC(=O)O)CC3)c1Cl)nn2C. The molecule has 0 unspecified atom stereocenters. The summed E-state index contributed by atoms with van der Waals surface area (Å²) in [5.41, 5.74) is 2.39. The number of likely N-dealkylation sites (tertiary alicyclic amines) is 1. The molecule has 4 rings (SSSR count). The van der Waals surface area contributed by atoms with E-state index in [2.05, 4.69) is 10.00 Å². The largest absolute Gasteiger partial charge is 0.481 e. The Hall–Kier alpha value is -2.29. The fourth-order valence-corrected chi connectivity index (χ4v) is 5.47. The van der Waals surface area contributed by atoms with Crippen molar-refractivity contribution in [3.05, 3.63) is 62.3 Å². The second kappa shape index (κ2) is 9.99. The molecule has 1 aliphatic heterocycles. The molecule has 0 bridgehead atoms. The number of benzene rings is 2. The summed E-state index contributed by atoms with van der Waals surface area (Å²) in [6.07, 6.45) is -2.31. The van der Waals surface area contributed by atoms with Gasteiger partial charge in [-0.2, -0.15) is 18.3 Å². The first kappa shape index (κ1) is 25.8. The van der Waals surface area contributed by atoms with Crippen LogP contribution in [0.5, 0.6) is 0 Å². The van der Waals surface area contributed by atoms with Crippen LogP contribution in [0.4, 0.5) is 13.2 Å². The Kier molecular flexibility index (Phi) is 7.36. The lowest BCUT2D eigenvalue weighted by atomic mass is 9.93. The second-order valence-corrected chi connectivity index (χ2v) is 10.0. The molecule has 0 atom stereocenters. The van der Waals surface area contributed by atoms with Crippen LogP contribution < -0.4 is 0 Å². The minimum Gasteiger partial charge on any atom is -0.481 e. The summed E-state index contributed by atoms with van der Waals surface area (Å²) < 4.78 is 41.4. The van der Waals surface area contributed by atoms with Crippen molar-refractivity contribution in [2.75, 3.05) is 13.1 Å². The number of fused-ring (bicyclic) bond motifs is 1. The van der Waals surface area contributed by atoms with Gasteiger partial charge in [0.1, 0.15) is 0 Å². The first-order chi connectivity index (χ1) is 16.4. The third-order valence-electron chi connectivity index (χ3n) is 6.72. The van der Waals surface area contributed by atoms with E-state index in [4.69, 9.17) is 28.3 Å². The summed E-state index contributed by atoms with van der Waals surface area (Å²) in [6.45, 7) is 3.84. The van der Waals surface area contributed by atoms with E-state index in [1.165, 1.54) is 4.68 Å². The summed E-state index contributed by atoms with van der Waals surface area (Å²) in [7, 11) is 1.62. The van der Waals surface area contributed by atoms with E-state index in [1.54, 1.807) is 20.0 Å². The van der Waals surface area contributed by atoms with Gasteiger partial charge in [0.15, 0.2) is 0 Å². The molecular weight excluding hydrogens is 502 g/mol. The number of hydrogen-bond donors (Lipinski definition) is 1. The zero-order valence-electron chi connectivity index (χ0n) is 19.4. The molecule has 0 spiro atoms. The van der Waals surface area contributed by atoms with Gasteiger partial charge in [-0.15, -0.1) is 0 Å². The van der Waals surface area contributed by atoms with Crippen molar-refractivity contribution in [2.45, 2.75) is 45.3 Å². The van der Waals surface area contributed by atoms with Crippen LogP contribution in [0.25, 0.3) is 10.9 Å².